The zero-order valence-corrected chi connectivity index (χ0v) is 16.6. The lowest BCUT2D eigenvalue weighted by Crippen LogP contribution is -2.02. The molecule has 0 aromatic carbocycles. The first-order chi connectivity index (χ1) is 12.7. The third-order valence-corrected chi connectivity index (χ3v) is 5.67. The predicted octanol–water partition coefficient (Wildman–Crippen LogP) is 5.00. The number of hydrogen-bond acceptors (Lipinski definition) is 6. The van der Waals surface area contributed by atoms with Gasteiger partial charge in [0.15, 0.2) is 6.40 Å². The number of hydrogen-bond donors (Lipinski definition) is 0. The van der Waals surface area contributed by atoms with Crippen LogP contribution in [0.2, 0.25) is 0 Å². The molecule has 0 N–H and O–H groups in total. The maximum atomic E-state index is 12.5. The van der Waals surface area contributed by atoms with Crippen molar-refractivity contribution >= 4 is 39.6 Å². The van der Waals surface area contributed by atoms with Crippen LogP contribution in [-0.4, -0.2) is 30.6 Å². The number of rotatable bonds is 8. The molecule has 0 saturated carbocycles. The highest BCUT2D eigenvalue weighted by Gasteiger charge is 2.27. The van der Waals surface area contributed by atoms with Crippen molar-refractivity contribution in [3.8, 4) is 0 Å². The molecule has 0 unspecified atom stereocenters. The molecule has 2 aromatic rings. The van der Waals surface area contributed by atoms with Gasteiger partial charge in [0, 0.05) is 11.1 Å². The number of aromatic nitrogens is 1. The third kappa shape index (κ3) is 3.61. The van der Waals surface area contributed by atoms with E-state index in [2.05, 4.69) is 11.9 Å². The molecule has 0 bridgehead atoms. The number of aryl methyl sites for hydroxylation is 2. The Morgan fingerprint density at radius 1 is 1.23 bits per heavy atom. The van der Waals surface area contributed by atoms with E-state index < -0.39 is 0 Å². The molecule has 6 heteroatoms. The number of ether oxygens (including phenoxy) is 2. The smallest absolute Gasteiger partial charge is 0.350 e. The van der Waals surface area contributed by atoms with Gasteiger partial charge >= 0.3 is 5.97 Å². The summed E-state index contributed by atoms with van der Waals surface area (Å²) in [6, 6.07) is 0. The molecular weight excluding hydrogens is 348 g/mol. The van der Waals surface area contributed by atoms with E-state index >= 15 is 0 Å². The van der Waals surface area contributed by atoms with Crippen molar-refractivity contribution in [1.82, 2.24) is 4.98 Å². The Kier molecular flexibility index (Phi) is 6.25. The van der Waals surface area contributed by atoms with Crippen molar-refractivity contribution in [2.24, 2.45) is 4.99 Å². The van der Waals surface area contributed by atoms with Crippen LogP contribution in [-0.2, 0) is 28.7 Å². The summed E-state index contributed by atoms with van der Waals surface area (Å²) in [5.74, 6) is -0.332. The van der Waals surface area contributed by atoms with Gasteiger partial charge in [-0.3, -0.25) is 0 Å². The average molecular weight is 375 g/mol. The molecule has 26 heavy (non-hydrogen) atoms. The molecule has 0 aliphatic heterocycles. The van der Waals surface area contributed by atoms with E-state index in [4.69, 9.17) is 14.5 Å². The van der Waals surface area contributed by atoms with Crippen molar-refractivity contribution in [2.75, 3.05) is 13.2 Å². The first-order valence-corrected chi connectivity index (χ1v) is 10.3. The molecule has 0 spiro atoms. The van der Waals surface area contributed by atoms with Gasteiger partial charge in [0.2, 0.25) is 0 Å². The Morgan fingerprint density at radius 3 is 2.77 bits per heavy atom. The number of fused-ring (bicyclic) bond motifs is 3. The molecule has 3 rings (SSSR count). The van der Waals surface area contributed by atoms with Crippen molar-refractivity contribution in [3.05, 3.63) is 21.7 Å². The number of esters is 1. The van der Waals surface area contributed by atoms with Crippen molar-refractivity contribution < 1.29 is 14.3 Å². The molecule has 2 heterocycles. The summed E-state index contributed by atoms with van der Waals surface area (Å²) >= 11 is 1.39. The Hall–Kier alpha value is -1.95. The van der Waals surface area contributed by atoms with Crippen LogP contribution in [0, 0.1) is 0 Å². The lowest BCUT2D eigenvalue weighted by molar-refractivity contribution is 0.0533. The summed E-state index contributed by atoms with van der Waals surface area (Å²) in [6.07, 6.45) is 7.93. The summed E-state index contributed by atoms with van der Waals surface area (Å²) < 4.78 is 10.5. The lowest BCUT2D eigenvalue weighted by Gasteiger charge is -2.09. The number of thiophene rings is 1. The zero-order chi connectivity index (χ0) is 18.5. The van der Waals surface area contributed by atoms with Crippen LogP contribution in [0.25, 0.3) is 10.2 Å². The van der Waals surface area contributed by atoms with Gasteiger partial charge in [-0.25, -0.2) is 14.8 Å². The van der Waals surface area contributed by atoms with E-state index in [-0.39, 0.29) is 5.97 Å². The van der Waals surface area contributed by atoms with Gasteiger partial charge in [-0.1, -0.05) is 13.3 Å². The van der Waals surface area contributed by atoms with E-state index in [1.165, 1.54) is 34.6 Å². The monoisotopic (exact) mass is 374 g/mol. The third-order valence-electron chi connectivity index (χ3n) is 4.62. The first-order valence-electron chi connectivity index (χ1n) is 9.49. The average Bonchev–Trinajstić information content (AvgIpc) is 3.24. The summed E-state index contributed by atoms with van der Waals surface area (Å²) in [5, 5.41) is 1.02. The van der Waals surface area contributed by atoms with Crippen LogP contribution in [0.1, 0.15) is 66.5 Å². The molecule has 140 valence electrons. The second kappa shape index (κ2) is 8.62. The van der Waals surface area contributed by atoms with Gasteiger partial charge < -0.3 is 9.47 Å². The topological polar surface area (TPSA) is 60.8 Å². The van der Waals surface area contributed by atoms with Gasteiger partial charge in [-0.15, -0.1) is 11.3 Å². The number of unbranched alkanes of at least 4 members (excludes halogenated alkanes) is 1. The predicted molar refractivity (Wildman–Crippen MR) is 106 cm³/mol. The maximum absolute atomic E-state index is 12.5. The van der Waals surface area contributed by atoms with Crippen LogP contribution in [0.5, 0.6) is 0 Å². The summed E-state index contributed by atoms with van der Waals surface area (Å²) in [6.45, 7) is 6.80. The standard InChI is InChI=1S/C20H26N2O3S/c1-4-7-11-15-13-9-8-10-14(13)16-17(21-12-24-5-2)18(20(23)25-6-3)26-19(16)22-15/h12H,4-11H2,1-3H3. The van der Waals surface area contributed by atoms with Gasteiger partial charge in [0.05, 0.1) is 13.2 Å². The molecule has 0 atom stereocenters. The Balaban J connectivity index is 2.18. The number of aliphatic imine (C=N–C) groups is 1. The fourth-order valence-electron chi connectivity index (χ4n) is 3.46. The van der Waals surface area contributed by atoms with E-state index in [9.17, 15) is 4.79 Å². The molecule has 0 saturated heterocycles. The summed E-state index contributed by atoms with van der Waals surface area (Å²) in [5.41, 5.74) is 4.54. The molecular formula is C20H26N2O3S. The number of nitrogens with zero attached hydrogens (tertiary/aromatic N) is 2. The van der Waals surface area contributed by atoms with E-state index in [0.717, 1.165) is 48.7 Å². The summed E-state index contributed by atoms with van der Waals surface area (Å²) in [4.78, 5) is 23.3. The second-order valence-electron chi connectivity index (χ2n) is 6.34. The first kappa shape index (κ1) is 18.8. The number of carbonyl (C=O) groups is 1. The molecule has 1 aliphatic carbocycles. The Morgan fingerprint density at radius 2 is 2.04 bits per heavy atom. The highest BCUT2D eigenvalue weighted by molar-refractivity contribution is 7.21. The largest absolute Gasteiger partial charge is 0.483 e. The zero-order valence-electron chi connectivity index (χ0n) is 15.8. The number of carbonyl (C=O) groups excluding carboxylic acids is 1. The minimum atomic E-state index is -0.332. The van der Waals surface area contributed by atoms with Gasteiger partial charge in [0.1, 0.15) is 15.4 Å². The van der Waals surface area contributed by atoms with Gasteiger partial charge in [0.25, 0.3) is 0 Å². The van der Waals surface area contributed by atoms with Crippen LogP contribution >= 0.6 is 11.3 Å². The quantitative estimate of drug-likeness (QED) is 0.370. The molecule has 0 fully saturated rings. The van der Waals surface area contributed by atoms with Crippen molar-refractivity contribution in [2.45, 2.75) is 59.3 Å². The minimum Gasteiger partial charge on any atom is -0.483 e. The van der Waals surface area contributed by atoms with Gasteiger partial charge in [-0.2, -0.15) is 0 Å². The fraction of sp³-hybridized carbons (Fsp3) is 0.550. The lowest BCUT2D eigenvalue weighted by atomic mass is 10.0. The van der Waals surface area contributed by atoms with Crippen LogP contribution < -0.4 is 0 Å². The normalized spacial score (nSPS) is 13.5. The van der Waals surface area contributed by atoms with Crippen LogP contribution in [0.3, 0.4) is 0 Å². The Labute approximate surface area is 158 Å². The van der Waals surface area contributed by atoms with Gasteiger partial charge in [-0.05, 0) is 57.1 Å². The maximum Gasteiger partial charge on any atom is 0.350 e. The fourth-order valence-corrected chi connectivity index (χ4v) is 4.53. The molecule has 1 aliphatic rings. The second-order valence-corrected chi connectivity index (χ2v) is 7.34. The van der Waals surface area contributed by atoms with Crippen molar-refractivity contribution in [3.63, 3.8) is 0 Å². The number of pyridine rings is 1. The Bertz CT molecular complexity index is 826. The highest BCUT2D eigenvalue weighted by Crippen LogP contribution is 2.43. The molecule has 0 amide bonds. The van der Waals surface area contributed by atoms with E-state index in [1.54, 1.807) is 0 Å². The molecule has 5 nitrogen and oxygen atoms in total. The molecule has 2 aromatic heterocycles. The SMILES string of the molecule is CCCCc1nc2sc(C(=O)OCC)c(N=COCC)c2c2c1CCC2. The highest BCUT2D eigenvalue weighted by atomic mass is 32.1. The molecule has 0 radical (unpaired) electrons. The minimum absolute atomic E-state index is 0.332. The van der Waals surface area contributed by atoms with Crippen LogP contribution in [0.4, 0.5) is 5.69 Å². The van der Waals surface area contributed by atoms with E-state index in [1.807, 2.05) is 13.8 Å². The van der Waals surface area contributed by atoms with Crippen molar-refractivity contribution in [1.29, 1.82) is 0 Å². The van der Waals surface area contributed by atoms with Crippen LogP contribution in [0.15, 0.2) is 4.99 Å². The summed E-state index contributed by atoms with van der Waals surface area (Å²) in [7, 11) is 0. The van der Waals surface area contributed by atoms with E-state index in [0.29, 0.717) is 23.8 Å².